The maximum Gasteiger partial charge on any atom is 0.120 e. The SMILES string of the molecule is COc1cccc(N(C)Cc2ccc(C#N)cc2)c1. The van der Waals surface area contributed by atoms with Crippen molar-refractivity contribution in [2.45, 2.75) is 6.54 Å². The minimum absolute atomic E-state index is 0.688. The maximum atomic E-state index is 8.77. The molecule has 3 heteroatoms. The molecule has 0 aliphatic rings. The van der Waals surface area contributed by atoms with Crippen LogP contribution >= 0.6 is 0 Å². The van der Waals surface area contributed by atoms with Gasteiger partial charge in [0.2, 0.25) is 0 Å². The van der Waals surface area contributed by atoms with Crippen LogP contribution in [0.3, 0.4) is 0 Å². The highest BCUT2D eigenvalue weighted by Gasteiger charge is 2.03. The first-order valence-corrected chi connectivity index (χ1v) is 6.07. The van der Waals surface area contributed by atoms with Crippen molar-refractivity contribution in [3.05, 3.63) is 59.7 Å². The molecule has 0 aliphatic heterocycles. The third-order valence-electron chi connectivity index (χ3n) is 3.00. The molecule has 0 atom stereocenters. The zero-order valence-electron chi connectivity index (χ0n) is 11.1. The summed E-state index contributed by atoms with van der Waals surface area (Å²) in [5, 5.41) is 8.77. The molecule has 0 amide bonds. The van der Waals surface area contributed by atoms with Crippen molar-refractivity contribution < 1.29 is 4.74 Å². The van der Waals surface area contributed by atoms with E-state index in [1.54, 1.807) is 7.11 Å². The highest BCUT2D eigenvalue weighted by Crippen LogP contribution is 2.21. The number of benzene rings is 2. The van der Waals surface area contributed by atoms with Gasteiger partial charge in [0.05, 0.1) is 18.7 Å². The summed E-state index contributed by atoms with van der Waals surface area (Å²) in [6.07, 6.45) is 0. The molecule has 0 aromatic heterocycles. The first kappa shape index (κ1) is 13.0. The van der Waals surface area contributed by atoms with Gasteiger partial charge in [0, 0.05) is 25.3 Å². The lowest BCUT2D eigenvalue weighted by Gasteiger charge is -2.20. The molecule has 96 valence electrons. The number of nitrogens with zero attached hydrogens (tertiary/aromatic N) is 2. The fraction of sp³-hybridized carbons (Fsp3) is 0.188. The summed E-state index contributed by atoms with van der Waals surface area (Å²) in [4.78, 5) is 2.14. The van der Waals surface area contributed by atoms with E-state index < -0.39 is 0 Å². The molecule has 2 rings (SSSR count). The predicted molar refractivity (Wildman–Crippen MR) is 76.3 cm³/mol. The van der Waals surface area contributed by atoms with Gasteiger partial charge < -0.3 is 9.64 Å². The van der Waals surface area contributed by atoms with E-state index in [-0.39, 0.29) is 0 Å². The maximum absolute atomic E-state index is 8.77. The Bertz CT molecular complexity index is 584. The Hall–Kier alpha value is -2.47. The molecule has 0 fully saturated rings. The fourth-order valence-electron chi connectivity index (χ4n) is 1.90. The van der Waals surface area contributed by atoms with Crippen molar-refractivity contribution in [1.82, 2.24) is 0 Å². The Morgan fingerprint density at radius 1 is 1.16 bits per heavy atom. The Kier molecular flexibility index (Phi) is 4.04. The van der Waals surface area contributed by atoms with E-state index >= 15 is 0 Å². The molecule has 0 radical (unpaired) electrons. The molecule has 0 saturated carbocycles. The molecule has 0 aliphatic carbocycles. The van der Waals surface area contributed by atoms with Crippen LogP contribution in [-0.2, 0) is 6.54 Å². The lowest BCUT2D eigenvalue weighted by atomic mass is 10.1. The molecule has 0 bridgehead atoms. The molecule has 2 aromatic rings. The van der Waals surface area contributed by atoms with Gasteiger partial charge in [-0.2, -0.15) is 5.26 Å². The standard InChI is InChI=1S/C16H16N2O/c1-18(15-4-3-5-16(10-15)19-2)12-14-8-6-13(11-17)7-9-14/h3-10H,12H2,1-2H3. The predicted octanol–water partition coefficient (Wildman–Crippen LogP) is 3.20. The van der Waals surface area contributed by atoms with Crippen molar-refractivity contribution in [3.63, 3.8) is 0 Å². The van der Waals surface area contributed by atoms with Gasteiger partial charge in [-0.1, -0.05) is 18.2 Å². The Morgan fingerprint density at radius 2 is 1.89 bits per heavy atom. The second-order valence-electron chi connectivity index (χ2n) is 4.37. The minimum Gasteiger partial charge on any atom is -0.497 e. The summed E-state index contributed by atoms with van der Waals surface area (Å²) >= 11 is 0. The van der Waals surface area contributed by atoms with Crippen molar-refractivity contribution >= 4 is 5.69 Å². The molecular weight excluding hydrogens is 236 g/mol. The molecule has 3 nitrogen and oxygen atoms in total. The van der Waals surface area contributed by atoms with Crippen molar-refractivity contribution in [2.24, 2.45) is 0 Å². The van der Waals surface area contributed by atoms with Crippen LogP contribution in [0.4, 0.5) is 5.69 Å². The Balaban J connectivity index is 2.11. The van der Waals surface area contributed by atoms with Gasteiger partial charge in [0.1, 0.15) is 5.75 Å². The summed E-state index contributed by atoms with van der Waals surface area (Å²) in [5.41, 5.74) is 2.96. The van der Waals surface area contributed by atoms with Gasteiger partial charge in [-0.05, 0) is 29.8 Å². The van der Waals surface area contributed by atoms with Crippen molar-refractivity contribution in [2.75, 3.05) is 19.1 Å². The lowest BCUT2D eigenvalue weighted by Crippen LogP contribution is -2.16. The number of hydrogen-bond acceptors (Lipinski definition) is 3. The van der Waals surface area contributed by atoms with Crippen LogP contribution in [0.1, 0.15) is 11.1 Å². The van der Waals surface area contributed by atoms with E-state index in [0.29, 0.717) is 5.56 Å². The van der Waals surface area contributed by atoms with E-state index in [2.05, 4.69) is 11.0 Å². The normalized spacial score (nSPS) is 9.74. The van der Waals surface area contributed by atoms with Crippen LogP contribution in [0, 0.1) is 11.3 Å². The number of hydrogen-bond donors (Lipinski definition) is 0. The lowest BCUT2D eigenvalue weighted by molar-refractivity contribution is 0.415. The van der Waals surface area contributed by atoms with Crippen molar-refractivity contribution in [3.8, 4) is 11.8 Å². The minimum atomic E-state index is 0.688. The van der Waals surface area contributed by atoms with Crippen LogP contribution in [0.15, 0.2) is 48.5 Å². The topological polar surface area (TPSA) is 36.3 Å². The Morgan fingerprint density at radius 3 is 2.53 bits per heavy atom. The molecule has 0 spiro atoms. The van der Waals surface area contributed by atoms with E-state index in [0.717, 1.165) is 18.0 Å². The molecule has 0 heterocycles. The van der Waals surface area contributed by atoms with Gasteiger partial charge in [-0.3, -0.25) is 0 Å². The molecule has 19 heavy (non-hydrogen) atoms. The second kappa shape index (κ2) is 5.92. The number of rotatable bonds is 4. The zero-order valence-corrected chi connectivity index (χ0v) is 11.1. The molecule has 0 saturated heterocycles. The number of anilines is 1. The number of ether oxygens (including phenoxy) is 1. The van der Waals surface area contributed by atoms with Crippen LogP contribution in [0.5, 0.6) is 5.75 Å². The van der Waals surface area contributed by atoms with Crippen LogP contribution < -0.4 is 9.64 Å². The summed E-state index contributed by atoms with van der Waals surface area (Å²) in [6.45, 7) is 0.791. The van der Waals surface area contributed by atoms with Gasteiger partial charge in [-0.25, -0.2) is 0 Å². The van der Waals surface area contributed by atoms with E-state index in [4.69, 9.17) is 10.00 Å². The van der Waals surface area contributed by atoms with E-state index in [1.165, 1.54) is 5.56 Å². The molecular formula is C16H16N2O. The van der Waals surface area contributed by atoms with Crippen LogP contribution in [0.25, 0.3) is 0 Å². The first-order valence-electron chi connectivity index (χ1n) is 6.07. The second-order valence-corrected chi connectivity index (χ2v) is 4.37. The zero-order chi connectivity index (χ0) is 13.7. The smallest absolute Gasteiger partial charge is 0.120 e. The van der Waals surface area contributed by atoms with E-state index in [1.807, 2.05) is 55.6 Å². The Labute approximate surface area is 113 Å². The van der Waals surface area contributed by atoms with Gasteiger partial charge in [0.15, 0.2) is 0 Å². The fourth-order valence-corrected chi connectivity index (χ4v) is 1.90. The molecule has 0 unspecified atom stereocenters. The summed E-state index contributed by atoms with van der Waals surface area (Å²) in [5.74, 6) is 0.851. The summed E-state index contributed by atoms with van der Waals surface area (Å²) < 4.78 is 5.22. The highest BCUT2D eigenvalue weighted by molar-refractivity contribution is 5.50. The third kappa shape index (κ3) is 3.26. The highest BCUT2D eigenvalue weighted by atomic mass is 16.5. The molecule has 2 aromatic carbocycles. The number of nitriles is 1. The average molecular weight is 252 g/mol. The van der Waals surface area contributed by atoms with Gasteiger partial charge >= 0.3 is 0 Å². The monoisotopic (exact) mass is 252 g/mol. The third-order valence-corrected chi connectivity index (χ3v) is 3.00. The van der Waals surface area contributed by atoms with Gasteiger partial charge in [-0.15, -0.1) is 0 Å². The number of methoxy groups -OCH3 is 1. The molecule has 0 N–H and O–H groups in total. The van der Waals surface area contributed by atoms with Crippen LogP contribution in [-0.4, -0.2) is 14.2 Å². The summed E-state index contributed by atoms with van der Waals surface area (Å²) in [7, 11) is 3.70. The van der Waals surface area contributed by atoms with Gasteiger partial charge in [0.25, 0.3) is 0 Å². The summed E-state index contributed by atoms with van der Waals surface area (Å²) in [6, 6.07) is 17.7. The van der Waals surface area contributed by atoms with Crippen LogP contribution in [0.2, 0.25) is 0 Å². The largest absolute Gasteiger partial charge is 0.497 e. The quantitative estimate of drug-likeness (QED) is 0.838. The van der Waals surface area contributed by atoms with E-state index in [9.17, 15) is 0 Å². The first-order chi connectivity index (χ1) is 9.22. The van der Waals surface area contributed by atoms with Crippen molar-refractivity contribution in [1.29, 1.82) is 5.26 Å². The average Bonchev–Trinajstić information content (AvgIpc) is 2.48.